The van der Waals surface area contributed by atoms with Crippen LogP contribution in [0.25, 0.3) is 16.7 Å². The molecule has 1 amide bonds. The van der Waals surface area contributed by atoms with Crippen LogP contribution in [0.5, 0.6) is 11.5 Å². The van der Waals surface area contributed by atoms with Gasteiger partial charge >= 0.3 is 0 Å². The Bertz CT molecular complexity index is 1350. The Kier molecular flexibility index (Phi) is 7.26. The van der Waals surface area contributed by atoms with Crippen molar-refractivity contribution in [3.63, 3.8) is 0 Å². The van der Waals surface area contributed by atoms with Crippen molar-refractivity contribution in [2.45, 2.75) is 33.3 Å². The van der Waals surface area contributed by atoms with Crippen LogP contribution in [0, 0.1) is 6.92 Å². The number of hydrogen-bond donors (Lipinski definition) is 2. The van der Waals surface area contributed by atoms with Crippen molar-refractivity contribution in [3.05, 3.63) is 71.8 Å². The Morgan fingerprint density at radius 1 is 1.03 bits per heavy atom. The fraction of sp³-hybridized carbons (Fsp3) is 0.231. The van der Waals surface area contributed by atoms with Crippen LogP contribution >= 0.6 is 12.2 Å². The number of nitrogens with zero attached hydrogens (tertiary/aromatic N) is 3. The zero-order chi connectivity index (χ0) is 24.9. The molecule has 180 valence electrons. The smallest absolute Gasteiger partial charge is 0.257 e. The summed E-state index contributed by atoms with van der Waals surface area (Å²) in [6, 6.07) is 18.2. The van der Waals surface area contributed by atoms with E-state index in [-0.39, 0.29) is 17.1 Å². The molecule has 0 aliphatic carbocycles. The van der Waals surface area contributed by atoms with E-state index in [0.29, 0.717) is 11.1 Å². The number of thiocarbonyl (C=S) groups is 1. The topological polar surface area (TPSA) is 90.3 Å². The normalized spacial score (nSPS) is 11.7. The first-order valence-corrected chi connectivity index (χ1v) is 11.7. The average molecular weight is 490 g/mol. The van der Waals surface area contributed by atoms with Gasteiger partial charge in [-0.15, -0.1) is 10.2 Å². The van der Waals surface area contributed by atoms with Crippen LogP contribution in [0.1, 0.15) is 36.2 Å². The molecular formula is C26H27N5O3S. The lowest BCUT2D eigenvalue weighted by molar-refractivity contribution is 0.0977. The summed E-state index contributed by atoms with van der Waals surface area (Å²) in [5, 5.41) is 15.1. The van der Waals surface area contributed by atoms with Gasteiger partial charge in [0.2, 0.25) is 0 Å². The maximum absolute atomic E-state index is 12.6. The molecule has 4 aromatic rings. The lowest BCUT2D eigenvalue weighted by atomic mass is 10.2. The molecule has 1 aromatic heterocycles. The van der Waals surface area contributed by atoms with Crippen molar-refractivity contribution in [2.24, 2.45) is 0 Å². The van der Waals surface area contributed by atoms with Crippen LogP contribution in [0.2, 0.25) is 0 Å². The van der Waals surface area contributed by atoms with Crippen molar-refractivity contribution in [1.82, 2.24) is 20.3 Å². The highest BCUT2D eigenvalue weighted by atomic mass is 32.1. The minimum absolute atomic E-state index is 0.116. The molecule has 3 aromatic carbocycles. The summed E-state index contributed by atoms with van der Waals surface area (Å²) in [7, 11) is 1.62. The Morgan fingerprint density at radius 2 is 1.66 bits per heavy atom. The van der Waals surface area contributed by atoms with E-state index in [0.717, 1.165) is 40.4 Å². The molecule has 0 saturated carbocycles. The molecule has 4 rings (SSSR count). The Labute approximate surface area is 209 Å². The summed E-state index contributed by atoms with van der Waals surface area (Å²) in [5.41, 5.74) is 4.40. The second-order valence-corrected chi connectivity index (χ2v) is 8.52. The maximum Gasteiger partial charge on any atom is 0.257 e. The zero-order valence-corrected chi connectivity index (χ0v) is 20.8. The highest BCUT2D eigenvalue weighted by molar-refractivity contribution is 7.80. The summed E-state index contributed by atoms with van der Waals surface area (Å²) in [6.07, 6.45) is 1.02. The summed E-state index contributed by atoms with van der Waals surface area (Å²) in [4.78, 5) is 14.2. The number of carbonyl (C=O) groups is 1. The van der Waals surface area contributed by atoms with E-state index in [4.69, 9.17) is 21.7 Å². The molecule has 1 atom stereocenters. The van der Waals surface area contributed by atoms with E-state index in [1.54, 1.807) is 36.2 Å². The van der Waals surface area contributed by atoms with E-state index < -0.39 is 0 Å². The summed E-state index contributed by atoms with van der Waals surface area (Å²) in [5.74, 6) is 1.18. The number of methoxy groups -OCH3 is 1. The fourth-order valence-electron chi connectivity index (χ4n) is 3.36. The number of benzene rings is 3. The summed E-state index contributed by atoms with van der Waals surface area (Å²) < 4.78 is 11.0. The lowest BCUT2D eigenvalue weighted by Crippen LogP contribution is -2.34. The number of ether oxygens (including phenoxy) is 2. The van der Waals surface area contributed by atoms with Gasteiger partial charge in [-0.1, -0.05) is 6.92 Å². The molecule has 0 aliphatic heterocycles. The van der Waals surface area contributed by atoms with E-state index in [9.17, 15) is 4.79 Å². The van der Waals surface area contributed by atoms with Gasteiger partial charge in [0, 0.05) is 11.3 Å². The van der Waals surface area contributed by atoms with Crippen molar-refractivity contribution < 1.29 is 14.3 Å². The van der Waals surface area contributed by atoms with Gasteiger partial charge in [0.05, 0.1) is 18.9 Å². The van der Waals surface area contributed by atoms with E-state index in [1.807, 2.05) is 50.2 Å². The second kappa shape index (κ2) is 10.5. The van der Waals surface area contributed by atoms with Crippen LogP contribution in [0.4, 0.5) is 5.69 Å². The standard InChI is InChI=1S/C26H27N5O3S/c1-5-17(3)34-21-10-6-18(7-11-21)25(32)28-26(35)27-22-15-24-23(14-16(22)2)29-31(30-24)19-8-12-20(33-4)13-9-19/h6-15,17H,5H2,1-4H3,(H2,27,28,32,35)/t17-/m0/s1. The number of hydrogen-bond acceptors (Lipinski definition) is 6. The van der Waals surface area contributed by atoms with Gasteiger partial charge in [-0.2, -0.15) is 4.80 Å². The molecule has 0 fully saturated rings. The van der Waals surface area contributed by atoms with Crippen LogP contribution < -0.4 is 20.1 Å². The molecule has 0 unspecified atom stereocenters. The summed E-state index contributed by atoms with van der Waals surface area (Å²) >= 11 is 5.38. The van der Waals surface area contributed by atoms with Crippen LogP contribution in [0.3, 0.4) is 0 Å². The largest absolute Gasteiger partial charge is 0.497 e. The lowest BCUT2D eigenvalue weighted by Gasteiger charge is -2.13. The third kappa shape index (κ3) is 5.75. The quantitative estimate of drug-likeness (QED) is 0.352. The van der Waals surface area contributed by atoms with Crippen LogP contribution in [-0.4, -0.2) is 39.2 Å². The van der Waals surface area contributed by atoms with E-state index in [1.165, 1.54) is 0 Å². The Balaban J connectivity index is 1.44. The minimum atomic E-state index is -0.304. The van der Waals surface area contributed by atoms with E-state index >= 15 is 0 Å². The fourth-order valence-corrected chi connectivity index (χ4v) is 3.57. The molecule has 0 radical (unpaired) electrons. The van der Waals surface area contributed by atoms with Crippen molar-refractivity contribution >= 4 is 40.0 Å². The van der Waals surface area contributed by atoms with Crippen LogP contribution in [-0.2, 0) is 0 Å². The third-order valence-corrected chi connectivity index (χ3v) is 5.74. The molecule has 8 nitrogen and oxygen atoms in total. The molecular weight excluding hydrogens is 462 g/mol. The average Bonchev–Trinajstić information content (AvgIpc) is 3.27. The number of fused-ring (bicyclic) bond motifs is 1. The van der Waals surface area contributed by atoms with Gasteiger partial charge in [0.15, 0.2) is 5.11 Å². The van der Waals surface area contributed by atoms with Crippen molar-refractivity contribution in [1.29, 1.82) is 0 Å². The first kappa shape index (κ1) is 24.2. The predicted molar refractivity (Wildman–Crippen MR) is 141 cm³/mol. The highest BCUT2D eigenvalue weighted by Crippen LogP contribution is 2.23. The molecule has 35 heavy (non-hydrogen) atoms. The molecule has 0 bridgehead atoms. The SMILES string of the molecule is CC[C@H](C)Oc1ccc(C(=O)NC(=S)Nc2cc3nn(-c4ccc(OC)cc4)nc3cc2C)cc1. The van der Waals surface area contributed by atoms with Gasteiger partial charge in [-0.05, 0) is 98.7 Å². The molecule has 0 spiro atoms. The zero-order valence-electron chi connectivity index (χ0n) is 20.0. The second-order valence-electron chi connectivity index (χ2n) is 8.11. The monoisotopic (exact) mass is 489 g/mol. The number of aromatic nitrogens is 3. The van der Waals surface area contributed by atoms with Crippen molar-refractivity contribution in [2.75, 3.05) is 12.4 Å². The molecule has 2 N–H and O–H groups in total. The van der Waals surface area contributed by atoms with Crippen LogP contribution in [0.15, 0.2) is 60.7 Å². The van der Waals surface area contributed by atoms with E-state index in [2.05, 4.69) is 27.8 Å². The molecule has 0 saturated heterocycles. The number of nitrogens with one attached hydrogen (secondary N) is 2. The van der Waals surface area contributed by atoms with Crippen molar-refractivity contribution in [3.8, 4) is 17.2 Å². The Hall–Kier alpha value is -3.98. The van der Waals surface area contributed by atoms with Gasteiger partial charge in [-0.3, -0.25) is 10.1 Å². The minimum Gasteiger partial charge on any atom is -0.497 e. The molecule has 9 heteroatoms. The van der Waals surface area contributed by atoms with Gasteiger partial charge in [0.1, 0.15) is 22.5 Å². The number of aryl methyl sites for hydroxylation is 1. The number of rotatable bonds is 7. The highest BCUT2D eigenvalue weighted by Gasteiger charge is 2.12. The summed E-state index contributed by atoms with van der Waals surface area (Å²) in [6.45, 7) is 6.00. The van der Waals surface area contributed by atoms with Gasteiger partial charge in [0.25, 0.3) is 5.91 Å². The maximum atomic E-state index is 12.6. The van der Waals surface area contributed by atoms with Gasteiger partial charge < -0.3 is 14.8 Å². The number of anilines is 1. The molecule has 1 heterocycles. The Morgan fingerprint density at radius 3 is 2.29 bits per heavy atom. The number of amides is 1. The first-order chi connectivity index (χ1) is 16.9. The predicted octanol–water partition coefficient (Wildman–Crippen LogP) is 5.04. The number of carbonyl (C=O) groups excluding carboxylic acids is 1. The van der Waals surface area contributed by atoms with Gasteiger partial charge in [-0.25, -0.2) is 0 Å². The third-order valence-electron chi connectivity index (χ3n) is 5.53. The first-order valence-electron chi connectivity index (χ1n) is 11.3. The molecule has 0 aliphatic rings.